The first-order valence-electron chi connectivity index (χ1n) is 8.50. The highest BCUT2D eigenvalue weighted by atomic mass is 32.1. The van der Waals surface area contributed by atoms with Gasteiger partial charge in [0, 0.05) is 12.2 Å². The molecule has 1 aromatic rings. The summed E-state index contributed by atoms with van der Waals surface area (Å²) < 4.78 is 0. The summed E-state index contributed by atoms with van der Waals surface area (Å²) in [5, 5.41) is 7.32. The molecule has 0 aliphatic carbocycles. The summed E-state index contributed by atoms with van der Waals surface area (Å²) in [5.74, 6) is 1.41. The predicted molar refractivity (Wildman–Crippen MR) is 108 cm³/mol. The molecule has 128 valence electrons. The van der Waals surface area contributed by atoms with Crippen molar-refractivity contribution in [3.63, 3.8) is 0 Å². The molecule has 3 heteroatoms. The predicted octanol–water partition coefficient (Wildman–Crippen LogP) is 5.92. The van der Waals surface area contributed by atoms with E-state index in [4.69, 9.17) is 12.2 Å². The summed E-state index contributed by atoms with van der Waals surface area (Å²) in [6.45, 7) is 20.0. The SMILES string of the molecule is C=C(C)CNC(=S)Nc1c(C(C)C)cc(C(C)C)cc1C(C)C. The highest BCUT2D eigenvalue weighted by Crippen LogP contribution is 2.35. The first-order valence-corrected chi connectivity index (χ1v) is 8.91. The quantitative estimate of drug-likeness (QED) is 0.499. The van der Waals surface area contributed by atoms with Gasteiger partial charge in [-0.15, -0.1) is 0 Å². The summed E-state index contributed by atoms with van der Waals surface area (Å²) in [5.41, 5.74) is 6.29. The first kappa shape index (κ1) is 19.7. The Morgan fingerprint density at radius 1 is 1.00 bits per heavy atom. The smallest absolute Gasteiger partial charge is 0.171 e. The van der Waals surface area contributed by atoms with Gasteiger partial charge in [0.1, 0.15) is 0 Å². The first-order chi connectivity index (χ1) is 10.6. The Bertz CT molecular complexity index is 542. The fraction of sp³-hybridized carbons (Fsp3) is 0.550. The summed E-state index contributed by atoms with van der Waals surface area (Å²) in [7, 11) is 0. The molecule has 0 bridgehead atoms. The molecule has 0 aromatic heterocycles. The van der Waals surface area contributed by atoms with Crippen LogP contribution in [0.15, 0.2) is 24.3 Å². The molecule has 2 N–H and O–H groups in total. The van der Waals surface area contributed by atoms with E-state index in [1.165, 1.54) is 22.4 Å². The van der Waals surface area contributed by atoms with E-state index in [2.05, 4.69) is 70.9 Å². The van der Waals surface area contributed by atoms with Crippen LogP contribution in [0.2, 0.25) is 0 Å². The lowest BCUT2D eigenvalue weighted by Gasteiger charge is -2.24. The van der Waals surface area contributed by atoms with Crippen LogP contribution in [0.4, 0.5) is 5.69 Å². The van der Waals surface area contributed by atoms with Crippen LogP contribution >= 0.6 is 12.2 Å². The number of hydrogen-bond acceptors (Lipinski definition) is 1. The molecule has 1 rings (SSSR count). The molecule has 0 aliphatic rings. The number of anilines is 1. The molecular formula is C20H32N2S. The van der Waals surface area contributed by atoms with Gasteiger partial charge in [0.05, 0.1) is 0 Å². The normalized spacial score (nSPS) is 11.2. The number of thiocarbonyl (C=S) groups is 1. The van der Waals surface area contributed by atoms with Crippen LogP contribution in [0.1, 0.15) is 82.9 Å². The maximum atomic E-state index is 5.47. The Kier molecular flexibility index (Phi) is 7.27. The van der Waals surface area contributed by atoms with E-state index in [9.17, 15) is 0 Å². The van der Waals surface area contributed by atoms with E-state index in [0.29, 0.717) is 29.4 Å². The molecule has 23 heavy (non-hydrogen) atoms. The highest BCUT2D eigenvalue weighted by Gasteiger charge is 2.17. The van der Waals surface area contributed by atoms with Crippen molar-refractivity contribution < 1.29 is 0 Å². The number of rotatable bonds is 6. The second kappa shape index (κ2) is 8.49. The maximum Gasteiger partial charge on any atom is 0.171 e. The van der Waals surface area contributed by atoms with Gasteiger partial charge in [0.25, 0.3) is 0 Å². The minimum Gasteiger partial charge on any atom is -0.359 e. The van der Waals surface area contributed by atoms with Crippen LogP contribution in [-0.4, -0.2) is 11.7 Å². The lowest BCUT2D eigenvalue weighted by atomic mass is 9.87. The van der Waals surface area contributed by atoms with Crippen LogP contribution in [0.5, 0.6) is 0 Å². The van der Waals surface area contributed by atoms with Gasteiger partial charge in [-0.1, -0.05) is 65.8 Å². The van der Waals surface area contributed by atoms with Crippen molar-refractivity contribution >= 4 is 23.0 Å². The van der Waals surface area contributed by atoms with Crippen LogP contribution in [0, 0.1) is 0 Å². The zero-order valence-corrected chi connectivity index (χ0v) is 16.5. The zero-order chi connectivity index (χ0) is 17.7. The third-order valence-corrected chi connectivity index (χ3v) is 4.17. The maximum absolute atomic E-state index is 5.47. The van der Waals surface area contributed by atoms with Gasteiger partial charge < -0.3 is 10.6 Å². The summed E-state index contributed by atoms with van der Waals surface area (Å²) in [6.07, 6.45) is 0. The number of hydrogen-bond donors (Lipinski definition) is 2. The summed E-state index contributed by atoms with van der Waals surface area (Å²) >= 11 is 5.47. The van der Waals surface area contributed by atoms with E-state index < -0.39 is 0 Å². The summed E-state index contributed by atoms with van der Waals surface area (Å²) in [6, 6.07) is 4.65. The minimum atomic E-state index is 0.442. The lowest BCUT2D eigenvalue weighted by Crippen LogP contribution is -2.30. The molecule has 0 saturated heterocycles. The Labute approximate surface area is 147 Å². The van der Waals surface area contributed by atoms with E-state index in [1.54, 1.807) is 0 Å². The van der Waals surface area contributed by atoms with Crippen molar-refractivity contribution in [3.8, 4) is 0 Å². The van der Waals surface area contributed by atoms with E-state index in [0.717, 1.165) is 5.57 Å². The Hall–Kier alpha value is -1.35. The lowest BCUT2D eigenvalue weighted by molar-refractivity contribution is 0.808. The molecular weight excluding hydrogens is 300 g/mol. The molecule has 1 aromatic carbocycles. The topological polar surface area (TPSA) is 24.1 Å². The Balaban J connectivity index is 3.26. The molecule has 0 unspecified atom stereocenters. The molecule has 0 atom stereocenters. The van der Waals surface area contributed by atoms with Gasteiger partial charge in [0.2, 0.25) is 0 Å². The van der Waals surface area contributed by atoms with Crippen LogP contribution in [-0.2, 0) is 0 Å². The zero-order valence-electron chi connectivity index (χ0n) is 15.7. The average Bonchev–Trinajstić information content (AvgIpc) is 2.44. The molecule has 0 spiro atoms. The third-order valence-electron chi connectivity index (χ3n) is 3.92. The largest absolute Gasteiger partial charge is 0.359 e. The van der Waals surface area contributed by atoms with E-state index in [1.807, 2.05) is 6.92 Å². The van der Waals surface area contributed by atoms with Crippen molar-refractivity contribution in [1.29, 1.82) is 0 Å². The molecule has 0 fully saturated rings. The van der Waals surface area contributed by atoms with Crippen molar-refractivity contribution in [1.82, 2.24) is 5.32 Å². The van der Waals surface area contributed by atoms with Crippen LogP contribution in [0.3, 0.4) is 0 Å². The third kappa shape index (κ3) is 5.65. The van der Waals surface area contributed by atoms with Crippen molar-refractivity contribution in [2.45, 2.75) is 66.2 Å². The van der Waals surface area contributed by atoms with Crippen molar-refractivity contribution in [2.24, 2.45) is 0 Å². The van der Waals surface area contributed by atoms with Gasteiger partial charge in [-0.3, -0.25) is 0 Å². The van der Waals surface area contributed by atoms with Gasteiger partial charge in [0.15, 0.2) is 5.11 Å². The monoisotopic (exact) mass is 332 g/mol. The highest BCUT2D eigenvalue weighted by molar-refractivity contribution is 7.80. The van der Waals surface area contributed by atoms with Crippen molar-refractivity contribution in [2.75, 3.05) is 11.9 Å². The average molecular weight is 333 g/mol. The molecule has 0 saturated carbocycles. The fourth-order valence-corrected chi connectivity index (χ4v) is 2.66. The molecule has 0 amide bonds. The standard InChI is InChI=1S/C20H32N2S/c1-12(2)11-21-20(23)22-19-17(14(5)6)9-16(13(3)4)10-18(19)15(7)8/h9-10,13-15H,1,11H2,2-8H3,(H2,21,22,23). The Morgan fingerprint density at radius 2 is 1.48 bits per heavy atom. The van der Waals surface area contributed by atoms with Gasteiger partial charge in [-0.2, -0.15) is 0 Å². The minimum absolute atomic E-state index is 0.442. The second-order valence-electron chi connectivity index (χ2n) is 7.30. The van der Waals surface area contributed by atoms with Gasteiger partial charge >= 0.3 is 0 Å². The van der Waals surface area contributed by atoms with Gasteiger partial charge in [-0.05, 0) is 53.6 Å². The van der Waals surface area contributed by atoms with Crippen LogP contribution < -0.4 is 10.6 Å². The van der Waals surface area contributed by atoms with Crippen molar-refractivity contribution in [3.05, 3.63) is 41.0 Å². The Morgan fingerprint density at radius 3 is 1.83 bits per heavy atom. The number of nitrogens with one attached hydrogen (secondary N) is 2. The molecule has 0 radical (unpaired) electrons. The molecule has 2 nitrogen and oxygen atoms in total. The van der Waals surface area contributed by atoms with Crippen LogP contribution in [0.25, 0.3) is 0 Å². The second-order valence-corrected chi connectivity index (χ2v) is 7.71. The van der Waals surface area contributed by atoms with E-state index >= 15 is 0 Å². The molecule has 0 heterocycles. The van der Waals surface area contributed by atoms with Gasteiger partial charge in [-0.25, -0.2) is 0 Å². The fourth-order valence-electron chi connectivity index (χ4n) is 2.49. The van der Waals surface area contributed by atoms with E-state index in [-0.39, 0.29) is 0 Å². The summed E-state index contributed by atoms with van der Waals surface area (Å²) in [4.78, 5) is 0. The molecule has 0 aliphatic heterocycles. The number of benzene rings is 1.